The van der Waals surface area contributed by atoms with Crippen LogP contribution >= 0.6 is 0 Å². The highest BCUT2D eigenvalue weighted by Gasteiger charge is 2.21. The average molecular weight is 260 g/mol. The zero-order valence-corrected chi connectivity index (χ0v) is 11.7. The fourth-order valence-corrected chi connectivity index (χ4v) is 3.18. The number of nitrogens with one attached hydrogen (secondary N) is 1. The molecular weight excluding hydrogens is 236 g/mol. The normalized spacial score (nSPS) is 23.1. The molecule has 1 aromatic rings. The predicted molar refractivity (Wildman–Crippen MR) is 77.7 cm³/mol. The first-order chi connectivity index (χ1) is 9.24. The Balaban J connectivity index is 1.94. The fraction of sp³-hybridized carbons (Fsp3) is 0.562. The number of nitrogens with two attached hydrogens (primary N) is 1. The summed E-state index contributed by atoms with van der Waals surface area (Å²) in [7, 11) is 0. The van der Waals surface area contributed by atoms with E-state index in [1.165, 1.54) is 44.1 Å². The molecule has 1 amide bonds. The Morgan fingerprint density at radius 2 is 1.84 bits per heavy atom. The van der Waals surface area contributed by atoms with Crippen molar-refractivity contribution < 1.29 is 4.79 Å². The number of amides is 1. The van der Waals surface area contributed by atoms with Crippen LogP contribution in [-0.2, 0) is 0 Å². The van der Waals surface area contributed by atoms with Gasteiger partial charge < -0.3 is 0 Å². The molecule has 1 aliphatic rings. The number of carbonyl (C=O) groups is 1. The quantitative estimate of drug-likeness (QED) is 0.495. The third kappa shape index (κ3) is 3.57. The van der Waals surface area contributed by atoms with Gasteiger partial charge in [0.1, 0.15) is 0 Å². The summed E-state index contributed by atoms with van der Waals surface area (Å²) in [6, 6.07) is 7.90. The molecule has 1 saturated carbocycles. The second-order valence-electron chi connectivity index (χ2n) is 5.60. The first-order valence-electron chi connectivity index (χ1n) is 7.35. The van der Waals surface area contributed by atoms with Crippen molar-refractivity contribution in [3.05, 3.63) is 35.4 Å². The largest absolute Gasteiger partial charge is 0.290 e. The van der Waals surface area contributed by atoms with Crippen molar-refractivity contribution in [3.63, 3.8) is 0 Å². The number of hydrogen-bond donors (Lipinski definition) is 2. The van der Waals surface area contributed by atoms with Gasteiger partial charge in [-0.2, -0.15) is 0 Å². The highest BCUT2D eigenvalue weighted by atomic mass is 16.2. The van der Waals surface area contributed by atoms with Gasteiger partial charge in [0.2, 0.25) is 0 Å². The summed E-state index contributed by atoms with van der Waals surface area (Å²) < 4.78 is 0. The van der Waals surface area contributed by atoms with E-state index in [1.54, 1.807) is 0 Å². The molecule has 0 heterocycles. The van der Waals surface area contributed by atoms with Gasteiger partial charge in [-0.25, -0.2) is 5.84 Å². The van der Waals surface area contributed by atoms with E-state index in [0.717, 1.165) is 5.92 Å². The zero-order chi connectivity index (χ0) is 13.7. The van der Waals surface area contributed by atoms with Gasteiger partial charge in [-0.3, -0.25) is 10.2 Å². The average Bonchev–Trinajstić information content (AvgIpc) is 2.48. The van der Waals surface area contributed by atoms with E-state index in [9.17, 15) is 4.79 Å². The van der Waals surface area contributed by atoms with Crippen molar-refractivity contribution in [1.82, 2.24) is 5.43 Å². The minimum atomic E-state index is -0.224. The first kappa shape index (κ1) is 14.1. The van der Waals surface area contributed by atoms with E-state index in [0.29, 0.717) is 11.5 Å². The molecule has 0 aromatic heterocycles. The standard InChI is InChI=1S/C16H24N2O/c1-2-3-12-4-6-13(7-5-12)14-8-10-15(11-9-14)16(19)18-17/h8-13H,2-7,17H2,1H3,(H,18,19)/t12-,13-. The van der Waals surface area contributed by atoms with E-state index < -0.39 is 0 Å². The minimum absolute atomic E-state index is 0.224. The Hall–Kier alpha value is -1.35. The van der Waals surface area contributed by atoms with Gasteiger partial charge in [-0.1, -0.05) is 31.9 Å². The van der Waals surface area contributed by atoms with Gasteiger partial charge in [0.15, 0.2) is 0 Å². The van der Waals surface area contributed by atoms with Crippen LogP contribution in [0.25, 0.3) is 0 Å². The summed E-state index contributed by atoms with van der Waals surface area (Å²) in [5.74, 6) is 6.51. The molecule has 3 nitrogen and oxygen atoms in total. The van der Waals surface area contributed by atoms with Crippen molar-refractivity contribution in [2.45, 2.75) is 51.4 Å². The zero-order valence-electron chi connectivity index (χ0n) is 11.7. The maximum atomic E-state index is 11.4. The molecule has 0 spiro atoms. The number of hydrogen-bond acceptors (Lipinski definition) is 2. The molecule has 0 bridgehead atoms. The van der Waals surface area contributed by atoms with Crippen LogP contribution in [0.1, 0.15) is 67.3 Å². The van der Waals surface area contributed by atoms with E-state index in [-0.39, 0.29) is 5.91 Å². The van der Waals surface area contributed by atoms with E-state index >= 15 is 0 Å². The summed E-state index contributed by atoms with van der Waals surface area (Å²) in [5, 5.41) is 0. The molecule has 1 fully saturated rings. The lowest BCUT2D eigenvalue weighted by Crippen LogP contribution is -2.29. The predicted octanol–water partition coefficient (Wildman–Crippen LogP) is 3.36. The summed E-state index contributed by atoms with van der Waals surface area (Å²) >= 11 is 0. The first-order valence-corrected chi connectivity index (χ1v) is 7.35. The number of carbonyl (C=O) groups excluding carboxylic acids is 1. The lowest BCUT2D eigenvalue weighted by atomic mass is 9.77. The fourth-order valence-electron chi connectivity index (χ4n) is 3.18. The van der Waals surface area contributed by atoms with E-state index in [2.05, 4.69) is 24.5 Å². The van der Waals surface area contributed by atoms with Gasteiger partial charge in [0, 0.05) is 5.56 Å². The van der Waals surface area contributed by atoms with Crippen molar-refractivity contribution in [1.29, 1.82) is 0 Å². The molecule has 3 heteroatoms. The van der Waals surface area contributed by atoms with Crippen LogP contribution in [0, 0.1) is 5.92 Å². The topological polar surface area (TPSA) is 55.1 Å². The molecule has 19 heavy (non-hydrogen) atoms. The van der Waals surface area contributed by atoms with Crippen molar-refractivity contribution in [2.75, 3.05) is 0 Å². The van der Waals surface area contributed by atoms with Gasteiger partial charge >= 0.3 is 0 Å². The summed E-state index contributed by atoms with van der Waals surface area (Å²) in [6.45, 7) is 2.27. The Morgan fingerprint density at radius 1 is 1.21 bits per heavy atom. The molecule has 0 radical (unpaired) electrons. The third-order valence-electron chi connectivity index (χ3n) is 4.32. The van der Waals surface area contributed by atoms with Gasteiger partial charge in [0.05, 0.1) is 0 Å². The smallest absolute Gasteiger partial charge is 0.265 e. The lowest BCUT2D eigenvalue weighted by molar-refractivity contribution is 0.0953. The number of rotatable bonds is 4. The highest BCUT2D eigenvalue weighted by molar-refractivity contribution is 5.93. The molecule has 0 atom stereocenters. The molecule has 3 N–H and O–H groups in total. The van der Waals surface area contributed by atoms with Crippen molar-refractivity contribution >= 4 is 5.91 Å². The van der Waals surface area contributed by atoms with Crippen LogP contribution in [0.3, 0.4) is 0 Å². The van der Waals surface area contributed by atoms with Crippen LogP contribution in [0.2, 0.25) is 0 Å². The molecular formula is C16H24N2O. The molecule has 104 valence electrons. The van der Waals surface area contributed by atoms with E-state index in [1.807, 2.05) is 12.1 Å². The highest BCUT2D eigenvalue weighted by Crippen LogP contribution is 2.37. The molecule has 2 rings (SSSR count). The molecule has 1 aromatic carbocycles. The van der Waals surface area contributed by atoms with Crippen LogP contribution in [0.5, 0.6) is 0 Å². The van der Waals surface area contributed by atoms with Gasteiger partial charge in [-0.15, -0.1) is 0 Å². The van der Waals surface area contributed by atoms with Gasteiger partial charge in [-0.05, 0) is 55.2 Å². The third-order valence-corrected chi connectivity index (χ3v) is 4.32. The van der Waals surface area contributed by atoms with Crippen molar-refractivity contribution in [3.8, 4) is 0 Å². The number of benzene rings is 1. The number of nitrogen functional groups attached to an aromatic ring is 1. The molecule has 0 unspecified atom stereocenters. The maximum absolute atomic E-state index is 11.4. The Morgan fingerprint density at radius 3 is 2.37 bits per heavy atom. The second kappa shape index (κ2) is 6.71. The monoisotopic (exact) mass is 260 g/mol. The second-order valence-corrected chi connectivity index (χ2v) is 5.60. The van der Waals surface area contributed by atoms with Crippen LogP contribution in [0.15, 0.2) is 24.3 Å². The Bertz CT molecular complexity index is 405. The Kier molecular flexibility index (Phi) is 4.97. The maximum Gasteiger partial charge on any atom is 0.265 e. The molecule has 0 saturated heterocycles. The summed E-state index contributed by atoms with van der Waals surface area (Å²) in [5.41, 5.74) is 4.16. The van der Waals surface area contributed by atoms with Crippen LogP contribution in [0.4, 0.5) is 0 Å². The number of hydrazine groups is 1. The minimum Gasteiger partial charge on any atom is -0.290 e. The summed E-state index contributed by atoms with van der Waals surface area (Å²) in [6.07, 6.45) is 7.95. The lowest BCUT2D eigenvalue weighted by Gasteiger charge is -2.28. The Labute approximate surface area is 115 Å². The van der Waals surface area contributed by atoms with Crippen molar-refractivity contribution in [2.24, 2.45) is 11.8 Å². The van der Waals surface area contributed by atoms with Crippen LogP contribution < -0.4 is 11.3 Å². The van der Waals surface area contributed by atoms with Crippen LogP contribution in [-0.4, -0.2) is 5.91 Å². The SMILES string of the molecule is CCC[C@H]1CC[C@H](c2ccc(C(=O)NN)cc2)CC1. The molecule has 1 aliphatic carbocycles. The molecule has 0 aliphatic heterocycles. The van der Waals surface area contributed by atoms with Gasteiger partial charge in [0.25, 0.3) is 5.91 Å². The summed E-state index contributed by atoms with van der Waals surface area (Å²) in [4.78, 5) is 11.4. The van der Waals surface area contributed by atoms with E-state index in [4.69, 9.17) is 5.84 Å².